The van der Waals surface area contributed by atoms with E-state index in [-0.39, 0.29) is 6.04 Å². The van der Waals surface area contributed by atoms with Crippen LogP contribution in [0.4, 0.5) is 0 Å². The van der Waals surface area contributed by atoms with Crippen LogP contribution in [0, 0.1) is 0 Å². The molecule has 1 fully saturated rings. The highest BCUT2D eigenvalue weighted by molar-refractivity contribution is 9.10. The van der Waals surface area contributed by atoms with Gasteiger partial charge in [-0.1, -0.05) is 42.5 Å². The summed E-state index contributed by atoms with van der Waals surface area (Å²) in [6, 6.07) is 16.7. The Bertz CT molecular complexity index is 716. The van der Waals surface area contributed by atoms with Crippen molar-refractivity contribution in [2.24, 2.45) is 0 Å². The SMILES string of the molecule is O=S(=O)(c1ccccc1Br)N1CC[C@H]1c1ccccc1. The number of benzene rings is 2. The summed E-state index contributed by atoms with van der Waals surface area (Å²) >= 11 is 3.32. The van der Waals surface area contributed by atoms with Crippen molar-refractivity contribution in [3.63, 3.8) is 0 Å². The first-order chi connectivity index (χ1) is 9.60. The van der Waals surface area contributed by atoms with Crippen LogP contribution in [0.2, 0.25) is 0 Å². The molecule has 1 aliphatic heterocycles. The summed E-state index contributed by atoms with van der Waals surface area (Å²) in [5.41, 5.74) is 1.05. The molecule has 0 spiro atoms. The number of halogens is 1. The van der Waals surface area contributed by atoms with Crippen molar-refractivity contribution in [1.29, 1.82) is 0 Å². The molecule has 1 atom stereocenters. The highest BCUT2D eigenvalue weighted by Gasteiger charge is 2.39. The second kappa shape index (κ2) is 5.31. The van der Waals surface area contributed by atoms with Crippen LogP contribution in [0.15, 0.2) is 64.0 Å². The Kier molecular flexibility index (Phi) is 3.67. The summed E-state index contributed by atoms with van der Waals surface area (Å²) in [5.74, 6) is 0. The molecule has 20 heavy (non-hydrogen) atoms. The van der Waals surface area contributed by atoms with E-state index in [0.29, 0.717) is 15.9 Å². The van der Waals surface area contributed by atoms with Crippen molar-refractivity contribution in [3.8, 4) is 0 Å². The summed E-state index contributed by atoms with van der Waals surface area (Å²) in [6.45, 7) is 0.573. The van der Waals surface area contributed by atoms with Crippen LogP contribution in [0.25, 0.3) is 0 Å². The van der Waals surface area contributed by atoms with E-state index in [1.807, 2.05) is 36.4 Å². The van der Waals surface area contributed by atoms with Crippen LogP contribution in [-0.2, 0) is 10.0 Å². The van der Waals surface area contributed by atoms with Crippen LogP contribution in [-0.4, -0.2) is 19.3 Å². The Labute approximate surface area is 127 Å². The van der Waals surface area contributed by atoms with Gasteiger partial charge in [-0.05, 0) is 40.0 Å². The van der Waals surface area contributed by atoms with E-state index in [1.165, 1.54) is 0 Å². The lowest BCUT2D eigenvalue weighted by molar-refractivity contribution is 0.202. The van der Waals surface area contributed by atoms with Gasteiger partial charge in [0.2, 0.25) is 10.0 Å². The minimum absolute atomic E-state index is 0.0479. The van der Waals surface area contributed by atoms with E-state index < -0.39 is 10.0 Å². The lowest BCUT2D eigenvalue weighted by Gasteiger charge is -2.40. The Balaban J connectivity index is 1.95. The van der Waals surface area contributed by atoms with E-state index in [9.17, 15) is 8.42 Å². The van der Waals surface area contributed by atoms with Gasteiger partial charge < -0.3 is 0 Å². The molecular weight excluding hydrogens is 338 g/mol. The molecule has 0 amide bonds. The second-order valence-electron chi connectivity index (χ2n) is 4.76. The minimum atomic E-state index is -3.44. The zero-order valence-corrected chi connectivity index (χ0v) is 13.1. The molecular formula is C15H14BrNO2S. The molecule has 2 aromatic carbocycles. The maximum Gasteiger partial charge on any atom is 0.244 e. The van der Waals surface area contributed by atoms with Gasteiger partial charge in [0.1, 0.15) is 0 Å². The third-order valence-corrected chi connectivity index (χ3v) is 6.50. The van der Waals surface area contributed by atoms with Crippen LogP contribution >= 0.6 is 15.9 Å². The molecule has 0 aliphatic carbocycles. The summed E-state index contributed by atoms with van der Waals surface area (Å²) in [7, 11) is -3.44. The average molecular weight is 352 g/mol. The van der Waals surface area contributed by atoms with E-state index in [1.54, 1.807) is 22.5 Å². The maximum atomic E-state index is 12.7. The first-order valence-electron chi connectivity index (χ1n) is 6.42. The van der Waals surface area contributed by atoms with Crippen molar-refractivity contribution in [3.05, 3.63) is 64.6 Å². The number of hydrogen-bond donors (Lipinski definition) is 0. The van der Waals surface area contributed by atoms with Crippen molar-refractivity contribution < 1.29 is 8.42 Å². The normalized spacial score (nSPS) is 19.6. The molecule has 0 unspecified atom stereocenters. The van der Waals surface area contributed by atoms with Gasteiger partial charge in [0.05, 0.1) is 10.9 Å². The predicted molar refractivity (Wildman–Crippen MR) is 81.8 cm³/mol. The predicted octanol–water partition coefficient (Wildman–Crippen LogP) is 3.58. The van der Waals surface area contributed by atoms with Gasteiger partial charge in [-0.15, -0.1) is 0 Å². The first-order valence-corrected chi connectivity index (χ1v) is 8.65. The summed E-state index contributed by atoms with van der Waals surface area (Å²) in [6.07, 6.45) is 0.869. The molecule has 1 aliphatic rings. The fourth-order valence-corrected chi connectivity index (χ4v) is 5.06. The summed E-state index contributed by atoms with van der Waals surface area (Å²) in [5, 5.41) is 0. The van der Waals surface area contributed by atoms with E-state index in [2.05, 4.69) is 15.9 Å². The molecule has 3 rings (SSSR count). The Morgan fingerprint density at radius 1 is 1.00 bits per heavy atom. The molecule has 0 radical (unpaired) electrons. The minimum Gasteiger partial charge on any atom is -0.207 e. The highest BCUT2D eigenvalue weighted by atomic mass is 79.9. The quantitative estimate of drug-likeness (QED) is 0.847. The number of nitrogens with zero attached hydrogens (tertiary/aromatic N) is 1. The monoisotopic (exact) mass is 351 g/mol. The van der Waals surface area contributed by atoms with Crippen molar-refractivity contribution in [2.75, 3.05) is 6.54 Å². The fourth-order valence-electron chi connectivity index (χ4n) is 2.44. The third kappa shape index (κ3) is 2.30. The Morgan fingerprint density at radius 3 is 2.25 bits per heavy atom. The average Bonchev–Trinajstić information content (AvgIpc) is 2.38. The largest absolute Gasteiger partial charge is 0.244 e. The highest BCUT2D eigenvalue weighted by Crippen LogP contribution is 2.39. The Hall–Kier alpha value is -1.17. The topological polar surface area (TPSA) is 37.4 Å². The molecule has 0 aromatic heterocycles. The van der Waals surface area contributed by atoms with Gasteiger partial charge in [0.15, 0.2) is 0 Å². The molecule has 104 valence electrons. The number of rotatable bonds is 3. The van der Waals surface area contributed by atoms with Crippen LogP contribution in [0.3, 0.4) is 0 Å². The second-order valence-corrected chi connectivity index (χ2v) is 7.47. The first kappa shape index (κ1) is 13.8. The van der Waals surface area contributed by atoms with Gasteiger partial charge in [-0.25, -0.2) is 8.42 Å². The molecule has 0 bridgehead atoms. The smallest absolute Gasteiger partial charge is 0.207 e. The van der Waals surface area contributed by atoms with Gasteiger partial charge in [0, 0.05) is 11.0 Å². The van der Waals surface area contributed by atoms with Gasteiger partial charge in [-0.2, -0.15) is 4.31 Å². The van der Waals surface area contributed by atoms with Crippen LogP contribution in [0.5, 0.6) is 0 Å². The van der Waals surface area contributed by atoms with E-state index in [4.69, 9.17) is 0 Å². The van der Waals surface area contributed by atoms with Crippen LogP contribution < -0.4 is 0 Å². The van der Waals surface area contributed by atoms with Gasteiger partial charge in [0.25, 0.3) is 0 Å². The molecule has 0 N–H and O–H groups in total. The molecule has 0 saturated carbocycles. The van der Waals surface area contributed by atoms with Crippen LogP contribution in [0.1, 0.15) is 18.0 Å². The molecule has 1 heterocycles. The zero-order valence-electron chi connectivity index (χ0n) is 10.7. The third-order valence-electron chi connectivity index (χ3n) is 3.58. The lowest BCUT2D eigenvalue weighted by atomic mass is 9.98. The van der Waals surface area contributed by atoms with Gasteiger partial charge >= 0.3 is 0 Å². The van der Waals surface area contributed by atoms with Crippen molar-refractivity contribution in [2.45, 2.75) is 17.4 Å². The standard InChI is InChI=1S/C15H14BrNO2S/c16-13-8-4-5-9-15(13)20(18,19)17-11-10-14(17)12-6-2-1-3-7-12/h1-9,14H,10-11H2/t14-/m0/s1. The molecule has 2 aromatic rings. The van der Waals surface area contributed by atoms with E-state index in [0.717, 1.165) is 12.0 Å². The number of hydrogen-bond acceptors (Lipinski definition) is 2. The van der Waals surface area contributed by atoms with Crippen molar-refractivity contribution >= 4 is 26.0 Å². The fraction of sp³-hybridized carbons (Fsp3) is 0.200. The summed E-state index contributed by atoms with van der Waals surface area (Å²) in [4.78, 5) is 0.334. The van der Waals surface area contributed by atoms with Gasteiger partial charge in [-0.3, -0.25) is 0 Å². The molecule has 1 saturated heterocycles. The zero-order chi connectivity index (χ0) is 14.2. The lowest BCUT2D eigenvalue weighted by Crippen LogP contribution is -2.45. The number of sulfonamides is 1. The van der Waals surface area contributed by atoms with E-state index >= 15 is 0 Å². The molecule has 3 nitrogen and oxygen atoms in total. The maximum absolute atomic E-state index is 12.7. The molecule has 5 heteroatoms. The van der Waals surface area contributed by atoms with Crippen molar-refractivity contribution in [1.82, 2.24) is 4.31 Å². The Morgan fingerprint density at radius 2 is 1.65 bits per heavy atom. The summed E-state index contributed by atoms with van der Waals surface area (Å²) < 4.78 is 27.6.